The van der Waals surface area contributed by atoms with Crippen molar-refractivity contribution in [2.45, 2.75) is 19.3 Å². The molecule has 1 aromatic carbocycles. The van der Waals surface area contributed by atoms with Crippen LogP contribution in [-0.2, 0) is 12.8 Å². The second-order valence-electron chi connectivity index (χ2n) is 6.98. The Bertz CT molecular complexity index is 981. The summed E-state index contributed by atoms with van der Waals surface area (Å²) in [5.41, 5.74) is 4.74. The van der Waals surface area contributed by atoms with E-state index in [1.165, 1.54) is 12.0 Å². The predicted molar refractivity (Wildman–Crippen MR) is 99.5 cm³/mol. The van der Waals surface area contributed by atoms with Crippen LogP contribution < -0.4 is 10.2 Å². The molecule has 1 saturated heterocycles. The van der Waals surface area contributed by atoms with Crippen molar-refractivity contribution in [1.82, 2.24) is 24.3 Å². The molecule has 7 nitrogen and oxygen atoms in total. The molecule has 0 unspecified atom stereocenters. The molecule has 0 bridgehead atoms. The maximum absolute atomic E-state index is 12.3. The Kier molecular flexibility index (Phi) is 3.77. The van der Waals surface area contributed by atoms with Crippen LogP contribution in [0.3, 0.4) is 0 Å². The number of rotatable bonds is 4. The molecule has 26 heavy (non-hydrogen) atoms. The van der Waals surface area contributed by atoms with E-state index < -0.39 is 0 Å². The molecule has 1 aliphatic heterocycles. The van der Waals surface area contributed by atoms with Crippen LogP contribution in [0.15, 0.2) is 24.3 Å². The van der Waals surface area contributed by atoms with Crippen molar-refractivity contribution in [1.29, 1.82) is 0 Å². The van der Waals surface area contributed by atoms with E-state index in [2.05, 4.69) is 35.2 Å². The zero-order valence-corrected chi connectivity index (χ0v) is 15.0. The second-order valence-corrected chi connectivity index (χ2v) is 7.51. The Morgan fingerprint density at radius 1 is 1.15 bits per heavy atom. The molecular formula is C18H18N6OS. The van der Waals surface area contributed by atoms with E-state index in [0.29, 0.717) is 18.0 Å². The molecule has 0 spiro atoms. The number of aromatic nitrogens is 4. The number of amides is 1. The molecule has 1 amide bonds. The summed E-state index contributed by atoms with van der Waals surface area (Å²) in [5, 5.41) is 11.7. The molecule has 3 heterocycles. The first-order valence-corrected chi connectivity index (χ1v) is 9.60. The van der Waals surface area contributed by atoms with E-state index >= 15 is 0 Å². The molecule has 2 aliphatic rings. The highest BCUT2D eigenvalue weighted by Crippen LogP contribution is 2.27. The molecule has 0 radical (unpaired) electrons. The molecule has 5 rings (SSSR count). The van der Waals surface area contributed by atoms with Gasteiger partial charge in [-0.3, -0.25) is 4.79 Å². The Balaban J connectivity index is 1.16. The molecule has 132 valence electrons. The van der Waals surface area contributed by atoms with Crippen LogP contribution in [0, 0.1) is 5.92 Å². The highest BCUT2D eigenvalue weighted by Gasteiger charge is 2.29. The first kappa shape index (κ1) is 15.6. The zero-order valence-electron chi connectivity index (χ0n) is 14.2. The lowest BCUT2D eigenvalue weighted by Crippen LogP contribution is -2.52. The third-order valence-corrected chi connectivity index (χ3v) is 5.71. The van der Waals surface area contributed by atoms with Crippen molar-refractivity contribution in [2.75, 3.05) is 24.5 Å². The average molecular weight is 366 g/mol. The van der Waals surface area contributed by atoms with Crippen molar-refractivity contribution < 1.29 is 4.79 Å². The van der Waals surface area contributed by atoms with Crippen LogP contribution in [0.1, 0.15) is 28.0 Å². The van der Waals surface area contributed by atoms with Gasteiger partial charge >= 0.3 is 0 Å². The lowest BCUT2D eigenvalue weighted by Gasteiger charge is -2.40. The number of anilines is 1. The molecule has 2 aromatic heterocycles. The second kappa shape index (κ2) is 6.28. The molecule has 1 N–H and O–H groups in total. The van der Waals surface area contributed by atoms with Gasteiger partial charge < -0.3 is 10.2 Å². The van der Waals surface area contributed by atoms with Gasteiger partial charge in [-0.2, -0.15) is 13.8 Å². The van der Waals surface area contributed by atoms with Crippen LogP contribution in [0.25, 0.3) is 11.0 Å². The summed E-state index contributed by atoms with van der Waals surface area (Å²) in [6, 6.07) is 7.61. The van der Waals surface area contributed by atoms with Gasteiger partial charge in [0.15, 0.2) is 5.82 Å². The summed E-state index contributed by atoms with van der Waals surface area (Å²) in [4.78, 5) is 14.6. The Morgan fingerprint density at radius 3 is 2.96 bits per heavy atom. The monoisotopic (exact) mass is 366 g/mol. The Morgan fingerprint density at radius 2 is 2.04 bits per heavy atom. The summed E-state index contributed by atoms with van der Waals surface area (Å²) < 4.78 is 8.34. The summed E-state index contributed by atoms with van der Waals surface area (Å²) in [6.45, 7) is 2.48. The molecule has 3 aromatic rings. The van der Waals surface area contributed by atoms with Crippen LogP contribution in [0.4, 0.5) is 5.82 Å². The van der Waals surface area contributed by atoms with Crippen LogP contribution in [-0.4, -0.2) is 44.5 Å². The van der Waals surface area contributed by atoms with Gasteiger partial charge in [0.05, 0.1) is 17.4 Å². The average Bonchev–Trinajstić information content (AvgIpc) is 3.27. The van der Waals surface area contributed by atoms with Gasteiger partial charge in [0, 0.05) is 31.1 Å². The number of benzene rings is 1. The molecular weight excluding hydrogens is 348 g/mol. The highest BCUT2D eigenvalue weighted by molar-refractivity contribution is 7.00. The number of nitrogens with zero attached hydrogens (tertiary/aromatic N) is 5. The van der Waals surface area contributed by atoms with Crippen molar-refractivity contribution in [3.63, 3.8) is 0 Å². The lowest BCUT2D eigenvalue weighted by molar-refractivity contribution is 0.0944. The van der Waals surface area contributed by atoms with E-state index in [9.17, 15) is 4.79 Å². The third-order valence-electron chi connectivity index (χ3n) is 5.16. The van der Waals surface area contributed by atoms with Gasteiger partial charge in [0.1, 0.15) is 11.0 Å². The van der Waals surface area contributed by atoms with Crippen LogP contribution in [0.5, 0.6) is 0 Å². The maximum atomic E-state index is 12.3. The fourth-order valence-electron chi connectivity index (χ4n) is 3.62. The normalized spacial score (nSPS) is 16.5. The number of hydrogen-bond acceptors (Lipinski definition) is 7. The summed E-state index contributed by atoms with van der Waals surface area (Å²) >= 11 is 1.16. The SMILES string of the molecule is O=C(NCC1CN(c2cc3c(nn2)CCC3)C1)c1ccc2nsnc2c1. The molecule has 0 saturated carbocycles. The Hall–Kier alpha value is -2.61. The summed E-state index contributed by atoms with van der Waals surface area (Å²) in [5.74, 6) is 1.35. The van der Waals surface area contributed by atoms with E-state index in [1.807, 2.05) is 6.07 Å². The number of nitrogens with one attached hydrogen (secondary N) is 1. The number of aryl methyl sites for hydroxylation is 2. The maximum Gasteiger partial charge on any atom is 0.251 e. The molecule has 0 atom stereocenters. The van der Waals surface area contributed by atoms with E-state index in [0.717, 1.165) is 60.2 Å². The Labute approximate surface area is 154 Å². The van der Waals surface area contributed by atoms with Crippen LogP contribution in [0.2, 0.25) is 0 Å². The van der Waals surface area contributed by atoms with E-state index in [4.69, 9.17) is 0 Å². The minimum atomic E-state index is -0.0596. The van der Waals surface area contributed by atoms with Gasteiger partial charge in [-0.15, -0.1) is 5.10 Å². The van der Waals surface area contributed by atoms with Crippen molar-refractivity contribution in [3.05, 3.63) is 41.1 Å². The molecule has 1 aliphatic carbocycles. The van der Waals surface area contributed by atoms with Gasteiger partial charge in [-0.1, -0.05) is 0 Å². The van der Waals surface area contributed by atoms with Gasteiger partial charge in [-0.25, -0.2) is 0 Å². The minimum Gasteiger partial charge on any atom is -0.354 e. The minimum absolute atomic E-state index is 0.0596. The van der Waals surface area contributed by atoms with Gasteiger partial charge in [0.25, 0.3) is 5.91 Å². The number of carbonyl (C=O) groups is 1. The fourth-order valence-corrected chi connectivity index (χ4v) is 4.14. The quantitative estimate of drug-likeness (QED) is 0.758. The third kappa shape index (κ3) is 2.80. The molecule has 1 fully saturated rings. The van der Waals surface area contributed by atoms with Gasteiger partial charge in [-0.05, 0) is 49.1 Å². The largest absolute Gasteiger partial charge is 0.354 e. The first-order chi connectivity index (χ1) is 12.8. The van der Waals surface area contributed by atoms with Crippen LogP contribution >= 0.6 is 11.7 Å². The van der Waals surface area contributed by atoms with E-state index in [1.54, 1.807) is 12.1 Å². The molecule has 8 heteroatoms. The number of fused-ring (bicyclic) bond motifs is 2. The fraction of sp³-hybridized carbons (Fsp3) is 0.389. The lowest BCUT2D eigenvalue weighted by atomic mass is 10.00. The topological polar surface area (TPSA) is 83.9 Å². The first-order valence-electron chi connectivity index (χ1n) is 8.87. The number of hydrogen-bond donors (Lipinski definition) is 1. The van der Waals surface area contributed by atoms with Crippen molar-refractivity contribution >= 4 is 34.5 Å². The number of carbonyl (C=O) groups excluding carboxylic acids is 1. The smallest absolute Gasteiger partial charge is 0.251 e. The van der Waals surface area contributed by atoms with E-state index in [-0.39, 0.29) is 5.91 Å². The van der Waals surface area contributed by atoms with Crippen molar-refractivity contribution in [3.8, 4) is 0 Å². The van der Waals surface area contributed by atoms with Gasteiger partial charge in [0.2, 0.25) is 0 Å². The summed E-state index contributed by atoms with van der Waals surface area (Å²) in [6.07, 6.45) is 3.36. The predicted octanol–water partition coefficient (Wildman–Crippen LogP) is 1.84. The van der Waals surface area contributed by atoms with Crippen molar-refractivity contribution in [2.24, 2.45) is 5.92 Å². The zero-order chi connectivity index (χ0) is 17.5. The highest BCUT2D eigenvalue weighted by atomic mass is 32.1. The summed E-state index contributed by atoms with van der Waals surface area (Å²) in [7, 11) is 0. The standard InChI is InChI=1S/C18H18N6OS/c25-18(13-4-5-15-16(6-13)23-26-22-15)19-8-11-9-24(10-11)17-7-12-2-1-3-14(12)20-21-17/h4-7,11H,1-3,8-10H2,(H,19,25).